The molecule has 2 aliphatic rings. The maximum atomic E-state index is 13.3. The highest BCUT2D eigenvalue weighted by molar-refractivity contribution is 6.14. The number of carbonyl (C=O) groups is 3. The normalized spacial score (nSPS) is 20.5. The van der Waals surface area contributed by atoms with Gasteiger partial charge in [0.25, 0.3) is 5.91 Å². The lowest BCUT2D eigenvalue weighted by Crippen LogP contribution is -2.41. The zero-order valence-electron chi connectivity index (χ0n) is 16.8. The van der Waals surface area contributed by atoms with Gasteiger partial charge in [-0.1, -0.05) is 60.7 Å². The molecule has 1 N–H and O–H groups in total. The quantitative estimate of drug-likeness (QED) is 0.534. The first-order chi connectivity index (χ1) is 14.5. The summed E-state index contributed by atoms with van der Waals surface area (Å²) in [5, 5.41) is 4.58. The van der Waals surface area contributed by atoms with Gasteiger partial charge in [-0.05, 0) is 53.6 Å². The molecule has 0 saturated carbocycles. The van der Waals surface area contributed by atoms with Gasteiger partial charge in [0.1, 0.15) is 5.54 Å². The molecule has 0 aromatic heterocycles. The largest absolute Gasteiger partial charge is 0.325 e. The van der Waals surface area contributed by atoms with Gasteiger partial charge in [0, 0.05) is 5.56 Å². The van der Waals surface area contributed by atoms with E-state index in [1.165, 1.54) is 11.1 Å². The van der Waals surface area contributed by atoms with Gasteiger partial charge in [0.05, 0.1) is 6.54 Å². The van der Waals surface area contributed by atoms with Crippen LogP contribution in [0.3, 0.4) is 0 Å². The van der Waals surface area contributed by atoms with Gasteiger partial charge in [0.2, 0.25) is 0 Å². The average molecular weight is 398 g/mol. The summed E-state index contributed by atoms with van der Waals surface area (Å²) >= 11 is 0. The molecule has 150 valence electrons. The van der Waals surface area contributed by atoms with Gasteiger partial charge in [-0.2, -0.15) is 0 Å². The van der Waals surface area contributed by atoms with Gasteiger partial charge in [-0.15, -0.1) is 0 Å². The van der Waals surface area contributed by atoms with Crippen LogP contribution in [0.15, 0.2) is 60.7 Å². The second-order valence-corrected chi connectivity index (χ2v) is 8.23. The number of nitrogens with zero attached hydrogens (tertiary/aromatic N) is 1. The number of carbonyl (C=O) groups excluding carboxylic acids is 3. The van der Waals surface area contributed by atoms with E-state index in [9.17, 15) is 14.4 Å². The van der Waals surface area contributed by atoms with E-state index in [-0.39, 0.29) is 18.2 Å². The number of Topliss-reactive ketones (excluding diaryl/α,β-unsaturated/α-hetero) is 1. The lowest BCUT2D eigenvalue weighted by molar-refractivity contribution is -0.130. The van der Waals surface area contributed by atoms with Gasteiger partial charge in [0.15, 0.2) is 5.78 Å². The summed E-state index contributed by atoms with van der Waals surface area (Å²) in [6, 6.07) is 18.5. The Morgan fingerprint density at radius 1 is 1.00 bits per heavy atom. The molecule has 1 unspecified atom stereocenters. The highest BCUT2D eigenvalue weighted by Gasteiger charge is 2.49. The Hall–Kier alpha value is -3.47. The van der Waals surface area contributed by atoms with Crippen molar-refractivity contribution in [3.8, 4) is 0 Å². The molecule has 5 heteroatoms. The Labute approximate surface area is 174 Å². The molecule has 3 aromatic rings. The highest BCUT2D eigenvalue weighted by Crippen LogP contribution is 2.33. The smallest absolute Gasteiger partial charge is 0.319 e. The minimum Gasteiger partial charge on any atom is -0.319 e. The molecule has 0 radical (unpaired) electrons. The molecule has 5 nitrogen and oxygen atoms in total. The minimum atomic E-state index is -1.16. The van der Waals surface area contributed by atoms with E-state index in [1.54, 1.807) is 13.0 Å². The molecule has 1 aliphatic carbocycles. The SMILES string of the molecule is CC1(c2ccc3c(c2)CCC3)NC(=O)N(CC(=O)c2cccc3ccccc23)C1=O. The van der Waals surface area contributed by atoms with E-state index in [1.807, 2.05) is 54.6 Å². The fraction of sp³-hybridized carbons (Fsp3) is 0.240. The van der Waals surface area contributed by atoms with Crippen LogP contribution in [-0.2, 0) is 23.2 Å². The minimum absolute atomic E-state index is 0.256. The molecule has 0 spiro atoms. The lowest BCUT2D eigenvalue weighted by Gasteiger charge is -2.23. The number of fused-ring (bicyclic) bond motifs is 2. The number of rotatable bonds is 4. The maximum Gasteiger partial charge on any atom is 0.325 e. The molecule has 30 heavy (non-hydrogen) atoms. The van der Waals surface area contributed by atoms with Crippen molar-refractivity contribution >= 4 is 28.5 Å². The van der Waals surface area contributed by atoms with Gasteiger partial charge < -0.3 is 5.32 Å². The van der Waals surface area contributed by atoms with Gasteiger partial charge >= 0.3 is 6.03 Å². The van der Waals surface area contributed by atoms with E-state index in [2.05, 4.69) is 5.32 Å². The van der Waals surface area contributed by atoms with Crippen molar-refractivity contribution in [3.05, 3.63) is 82.9 Å². The molecular formula is C25H22N2O3. The van der Waals surface area contributed by atoms with Crippen molar-refractivity contribution in [2.75, 3.05) is 6.54 Å². The summed E-state index contributed by atoms with van der Waals surface area (Å²) in [4.78, 5) is 40.0. The predicted octanol–water partition coefficient (Wildman–Crippen LogP) is 3.98. The first-order valence-electron chi connectivity index (χ1n) is 10.2. The number of nitrogens with one attached hydrogen (secondary N) is 1. The van der Waals surface area contributed by atoms with Crippen molar-refractivity contribution in [3.63, 3.8) is 0 Å². The molecule has 1 heterocycles. The summed E-state index contributed by atoms with van der Waals surface area (Å²) in [5.41, 5.74) is 2.66. The van der Waals surface area contributed by atoms with Crippen molar-refractivity contribution in [1.82, 2.24) is 10.2 Å². The van der Waals surface area contributed by atoms with Crippen LogP contribution in [0, 0.1) is 0 Å². The van der Waals surface area contributed by atoms with Crippen LogP contribution in [0.2, 0.25) is 0 Å². The van der Waals surface area contributed by atoms with E-state index in [0.717, 1.165) is 40.5 Å². The number of benzene rings is 3. The van der Waals surface area contributed by atoms with Crippen LogP contribution in [0.5, 0.6) is 0 Å². The van der Waals surface area contributed by atoms with Crippen molar-refractivity contribution < 1.29 is 14.4 Å². The van der Waals surface area contributed by atoms with E-state index in [0.29, 0.717) is 5.56 Å². The van der Waals surface area contributed by atoms with Crippen molar-refractivity contribution in [2.45, 2.75) is 31.7 Å². The Morgan fingerprint density at radius 3 is 2.63 bits per heavy atom. The number of hydrogen-bond donors (Lipinski definition) is 1. The van der Waals surface area contributed by atoms with Crippen LogP contribution in [0.4, 0.5) is 4.79 Å². The molecule has 3 amide bonds. The third-order valence-electron chi connectivity index (χ3n) is 6.34. The third-order valence-corrected chi connectivity index (χ3v) is 6.34. The van der Waals surface area contributed by atoms with Crippen molar-refractivity contribution in [1.29, 1.82) is 0 Å². The van der Waals surface area contributed by atoms with Crippen LogP contribution in [0.1, 0.15) is 40.4 Å². The first-order valence-corrected chi connectivity index (χ1v) is 10.2. The molecule has 3 aromatic carbocycles. The Kier molecular flexibility index (Phi) is 4.21. The summed E-state index contributed by atoms with van der Waals surface area (Å²) in [7, 11) is 0. The second-order valence-electron chi connectivity index (χ2n) is 8.23. The number of hydrogen-bond acceptors (Lipinski definition) is 3. The van der Waals surface area contributed by atoms with Gasteiger partial charge in [-0.3, -0.25) is 14.5 Å². The average Bonchev–Trinajstić information content (AvgIpc) is 3.31. The van der Waals surface area contributed by atoms with Crippen molar-refractivity contribution in [2.24, 2.45) is 0 Å². The molecule has 5 rings (SSSR count). The molecule has 0 bridgehead atoms. The topological polar surface area (TPSA) is 66.5 Å². The number of urea groups is 1. The zero-order chi connectivity index (χ0) is 20.9. The maximum absolute atomic E-state index is 13.3. The molecular weight excluding hydrogens is 376 g/mol. The second kappa shape index (κ2) is 6.80. The van der Waals surface area contributed by atoms with E-state index in [4.69, 9.17) is 0 Å². The summed E-state index contributed by atoms with van der Waals surface area (Å²) in [6.45, 7) is 1.44. The fourth-order valence-corrected chi connectivity index (χ4v) is 4.62. The molecule has 1 saturated heterocycles. The number of imide groups is 1. The number of ketones is 1. The zero-order valence-corrected chi connectivity index (χ0v) is 16.8. The number of aryl methyl sites for hydroxylation is 2. The fourth-order valence-electron chi connectivity index (χ4n) is 4.62. The summed E-state index contributed by atoms with van der Waals surface area (Å²) < 4.78 is 0. The standard InChI is InChI=1S/C25H22N2O3/c1-25(19-13-12-16-7-4-9-18(16)14-19)23(29)27(24(30)26-25)15-22(28)21-11-5-8-17-6-2-3-10-20(17)21/h2-3,5-6,8,10-14H,4,7,9,15H2,1H3,(H,26,30). The predicted molar refractivity (Wildman–Crippen MR) is 114 cm³/mol. The van der Waals surface area contributed by atoms with E-state index < -0.39 is 11.6 Å². The molecule has 1 atom stereocenters. The lowest BCUT2D eigenvalue weighted by atomic mass is 9.89. The van der Waals surface area contributed by atoms with Gasteiger partial charge in [-0.25, -0.2) is 4.79 Å². The highest BCUT2D eigenvalue weighted by atomic mass is 16.2. The molecule has 1 aliphatic heterocycles. The van der Waals surface area contributed by atoms with E-state index >= 15 is 0 Å². The summed E-state index contributed by atoms with van der Waals surface area (Å²) in [5.74, 6) is -0.646. The Morgan fingerprint density at radius 2 is 1.77 bits per heavy atom. The van der Waals surface area contributed by atoms with Crippen LogP contribution in [-0.4, -0.2) is 29.2 Å². The summed E-state index contributed by atoms with van der Waals surface area (Å²) in [6.07, 6.45) is 3.16. The Balaban J connectivity index is 1.44. The monoisotopic (exact) mass is 398 g/mol. The third kappa shape index (κ3) is 2.81. The van der Waals surface area contributed by atoms with Crippen LogP contribution < -0.4 is 5.32 Å². The van der Waals surface area contributed by atoms with Crippen LogP contribution in [0.25, 0.3) is 10.8 Å². The Bertz CT molecular complexity index is 1210. The van der Waals surface area contributed by atoms with Crippen LogP contribution >= 0.6 is 0 Å². The molecule has 1 fully saturated rings. The number of amides is 3. The first kappa shape index (κ1) is 18.6.